The van der Waals surface area contributed by atoms with E-state index in [1.165, 1.54) is 12.1 Å². The van der Waals surface area contributed by atoms with Crippen molar-refractivity contribution in [2.45, 2.75) is 43.1 Å². The van der Waals surface area contributed by atoms with Crippen molar-refractivity contribution >= 4 is 16.1 Å². The van der Waals surface area contributed by atoms with Gasteiger partial charge in [0.2, 0.25) is 0 Å². The zero-order valence-electron chi connectivity index (χ0n) is 10.5. The molecular formula is C13H17NO4S. The van der Waals surface area contributed by atoms with Crippen LogP contribution in [0.1, 0.15) is 32.1 Å². The van der Waals surface area contributed by atoms with Crippen LogP contribution in [-0.4, -0.2) is 20.6 Å². The Morgan fingerprint density at radius 3 is 2.37 bits per heavy atom. The molecule has 0 spiro atoms. The van der Waals surface area contributed by atoms with Crippen molar-refractivity contribution in [3.63, 3.8) is 0 Å². The molecule has 6 heteroatoms. The lowest BCUT2D eigenvalue weighted by atomic mass is 9.98. The standard InChI is InChI=1S/C13H17NO4S/c15-13(18-11-7-3-1-4-8-11)14-19(16,17)12-9-5-2-6-10-12/h2,5-6,9-11H,1,3-4,7-8H2,(H,14,15). The first-order chi connectivity index (χ1) is 9.08. The van der Waals surface area contributed by atoms with Crippen LogP contribution < -0.4 is 4.72 Å². The van der Waals surface area contributed by atoms with E-state index < -0.39 is 16.1 Å². The van der Waals surface area contributed by atoms with Gasteiger partial charge in [-0.25, -0.2) is 17.9 Å². The number of rotatable bonds is 3. The highest BCUT2D eigenvalue weighted by Crippen LogP contribution is 2.20. The van der Waals surface area contributed by atoms with E-state index >= 15 is 0 Å². The molecule has 1 aliphatic carbocycles. The Morgan fingerprint density at radius 1 is 1.11 bits per heavy atom. The molecule has 0 aliphatic heterocycles. The summed E-state index contributed by atoms with van der Waals surface area (Å²) in [5, 5.41) is 0. The molecule has 1 aliphatic rings. The van der Waals surface area contributed by atoms with Gasteiger partial charge in [-0.15, -0.1) is 0 Å². The third-order valence-corrected chi connectivity index (χ3v) is 4.43. The van der Waals surface area contributed by atoms with Crippen LogP contribution in [-0.2, 0) is 14.8 Å². The molecule has 0 atom stereocenters. The number of ether oxygens (including phenoxy) is 1. The summed E-state index contributed by atoms with van der Waals surface area (Å²) in [5.41, 5.74) is 0. The molecule has 0 heterocycles. The molecule has 2 rings (SSSR count). The second-order valence-electron chi connectivity index (χ2n) is 4.58. The van der Waals surface area contributed by atoms with E-state index in [1.54, 1.807) is 18.2 Å². The van der Waals surface area contributed by atoms with Gasteiger partial charge < -0.3 is 4.74 Å². The number of sulfonamides is 1. The normalized spacial score (nSPS) is 16.8. The van der Waals surface area contributed by atoms with Gasteiger partial charge in [0.1, 0.15) is 6.10 Å². The van der Waals surface area contributed by atoms with E-state index in [-0.39, 0.29) is 11.0 Å². The number of carbonyl (C=O) groups is 1. The molecule has 0 unspecified atom stereocenters. The van der Waals surface area contributed by atoms with Crippen LogP contribution in [0.15, 0.2) is 35.2 Å². The number of hydrogen-bond acceptors (Lipinski definition) is 4. The third-order valence-electron chi connectivity index (χ3n) is 3.10. The Morgan fingerprint density at radius 2 is 1.74 bits per heavy atom. The van der Waals surface area contributed by atoms with Crippen LogP contribution in [0.3, 0.4) is 0 Å². The van der Waals surface area contributed by atoms with Gasteiger partial charge in [0.15, 0.2) is 0 Å². The zero-order chi connectivity index (χ0) is 13.7. The Kier molecular flexibility index (Phi) is 4.42. The molecule has 1 aromatic rings. The summed E-state index contributed by atoms with van der Waals surface area (Å²) in [7, 11) is -3.83. The van der Waals surface area contributed by atoms with Crippen molar-refractivity contribution in [3.05, 3.63) is 30.3 Å². The van der Waals surface area contributed by atoms with E-state index in [1.807, 2.05) is 4.72 Å². The molecule has 1 fully saturated rings. The van der Waals surface area contributed by atoms with Crippen LogP contribution in [0.2, 0.25) is 0 Å². The SMILES string of the molecule is O=C(NS(=O)(=O)c1ccccc1)OC1CCCCC1. The largest absolute Gasteiger partial charge is 0.446 e. The predicted octanol–water partition coefficient (Wildman–Crippen LogP) is 2.43. The van der Waals surface area contributed by atoms with Crippen LogP contribution in [0, 0.1) is 0 Å². The maximum Gasteiger partial charge on any atom is 0.421 e. The molecule has 1 amide bonds. The minimum Gasteiger partial charge on any atom is -0.446 e. The second-order valence-corrected chi connectivity index (χ2v) is 6.27. The van der Waals surface area contributed by atoms with E-state index in [4.69, 9.17) is 4.74 Å². The fraction of sp³-hybridized carbons (Fsp3) is 0.462. The summed E-state index contributed by atoms with van der Waals surface area (Å²) in [6.45, 7) is 0. The first-order valence-electron chi connectivity index (χ1n) is 6.36. The minimum absolute atomic E-state index is 0.0515. The zero-order valence-corrected chi connectivity index (χ0v) is 11.4. The van der Waals surface area contributed by atoms with Gasteiger partial charge in [-0.3, -0.25) is 0 Å². The highest BCUT2D eigenvalue weighted by Gasteiger charge is 2.22. The molecule has 0 radical (unpaired) electrons. The van der Waals surface area contributed by atoms with Gasteiger partial charge in [-0.1, -0.05) is 24.6 Å². The van der Waals surface area contributed by atoms with Crippen molar-refractivity contribution < 1.29 is 17.9 Å². The molecule has 5 nitrogen and oxygen atoms in total. The van der Waals surface area contributed by atoms with Gasteiger partial charge in [-0.05, 0) is 37.8 Å². The average molecular weight is 283 g/mol. The van der Waals surface area contributed by atoms with Crippen molar-refractivity contribution in [2.75, 3.05) is 0 Å². The summed E-state index contributed by atoms with van der Waals surface area (Å²) < 4.78 is 30.8. The van der Waals surface area contributed by atoms with Gasteiger partial charge >= 0.3 is 6.09 Å². The molecule has 0 bridgehead atoms. The fourth-order valence-electron chi connectivity index (χ4n) is 2.13. The number of carbonyl (C=O) groups excluding carboxylic acids is 1. The molecule has 19 heavy (non-hydrogen) atoms. The van der Waals surface area contributed by atoms with E-state index in [0.29, 0.717) is 0 Å². The Bertz CT molecular complexity index is 521. The monoisotopic (exact) mass is 283 g/mol. The molecule has 1 aromatic carbocycles. The Balaban J connectivity index is 1.94. The summed E-state index contributed by atoms with van der Waals surface area (Å²) in [6, 6.07) is 7.76. The first-order valence-corrected chi connectivity index (χ1v) is 7.85. The summed E-state index contributed by atoms with van der Waals surface area (Å²) >= 11 is 0. The molecule has 104 valence electrons. The van der Waals surface area contributed by atoms with Gasteiger partial charge in [0, 0.05) is 0 Å². The van der Waals surface area contributed by atoms with Crippen molar-refractivity contribution in [1.82, 2.24) is 4.72 Å². The van der Waals surface area contributed by atoms with E-state index in [9.17, 15) is 13.2 Å². The number of benzene rings is 1. The highest BCUT2D eigenvalue weighted by molar-refractivity contribution is 7.90. The van der Waals surface area contributed by atoms with Crippen molar-refractivity contribution in [3.8, 4) is 0 Å². The Labute approximate surface area is 113 Å². The second kappa shape index (κ2) is 6.06. The van der Waals surface area contributed by atoms with Crippen LogP contribution >= 0.6 is 0 Å². The lowest BCUT2D eigenvalue weighted by Gasteiger charge is -2.21. The fourth-order valence-corrected chi connectivity index (χ4v) is 3.03. The van der Waals surface area contributed by atoms with Crippen molar-refractivity contribution in [1.29, 1.82) is 0 Å². The first kappa shape index (κ1) is 13.9. The summed E-state index contributed by atoms with van der Waals surface area (Å²) in [5.74, 6) is 0. The van der Waals surface area contributed by atoms with Crippen LogP contribution in [0.5, 0.6) is 0 Å². The van der Waals surface area contributed by atoms with Crippen molar-refractivity contribution in [2.24, 2.45) is 0 Å². The maximum absolute atomic E-state index is 11.9. The molecule has 1 saturated carbocycles. The predicted molar refractivity (Wildman–Crippen MR) is 70.1 cm³/mol. The average Bonchev–Trinajstić information content (AvgIpc) is 2.40. The highest BCUT2D eigenvalue weighted by atomic mass is 32.2. The lowest BCUT2D eigenvalue weighted by Crippen LogP contribution is -2.34. The quantitative estimate of drug-likeness (QED) is 0.924. The summed E-state index contributed by atoms with van der Waals surface area (Å²) in [6.07, 6.45) is 3.73. The third kappa shape index (κ3) is 3.96. The van der Waals surface area contributed by atoms with E-state index in [0.717, 1.165) is 32.1 Å². The van der Waals surface area contributed by atoms with Crippen LogP contribution in [0.4, 0.5) is 4.79 Å². The smallest absolute Gasteiger partial charge is 0.421 e. The number of amides is 1. The Hall–Kier alpha value is -1.56. The topological polar surface area (TPSA) is 72.5 Å². The van der Waals surface area contributed by atoms with Crippen LogP contribution in [0.25, 0.3) is 0 Å². The lowest BCUT2D eigenvalue weighted by molar-refractivity contribution is 0.0798. The maximum atomic E-state index is 11.9. The van der Waals surface area contributed by atoms with Gasteiger partial charge in [0.25, 0.3) is 10.0 Å². The van der Waals surface area contributed by atoms with Gasteiger partial charge in [0.05, 0.1) is 4.90 Å². The number of nitrogens with one attached hydrogen (secondary N) is 1. The molecule has 0 saturated heterocycles. The molecular weight excluding hydrogens is 266 g/mol. The number of hydrogen-bond donors (Lipinski definition) is 1. The molecule has 0 aromatic heterocycles. The molecule has 1 N–H and O–H groups in total. The van der Waals surface area contributed by atoms with Gasteiger partial charge in [-0.2, -0.15) is 0 Å². The minimum atomic E-state index is -3.83. The van der Waals surface area contributed by atoms with E-state index in [2.05, 4.69) is 0 Å². The summed E-state index contributed by atoms with van der Waals surface area (Å²) in [4.78, 5) is 11.6.